The van der Waals surface area contributed by atoms with Crippen LogP contribution < -0.4 is 5.32 Å². The van der Waals surface area contributed by atoms with E-state index in [9.17, 15) is 9.90 Å². The summed E-state index contributed by atoms with van der Waals surface area (Å²) < 4.78 is 0. The number of carboxylic acids is 1. The Labute approximate surface area is 111 Å². The fraction of sp³-hybridized carbons (Fsp3) is 0.538. The molecule has 4 nitrogen and oxygen atoms in total. The molecule has 0 unspecified atom stereocenters. The van der Waals surface area contributed by atoms with Crippen molar-refractivity contribution in [1.82, 2.24) is 10.3 Å². The standard InChI is InChI=1S/C13H17ClN2O2/c1-7(2)5-10-12(14)11(13(17)18)8-6-15-4-3-9(8)16-10/h7,15H,3-6H2,1-2H3,(H,17,18). The highest BCUT2D eigenvalue weighted by atomic mass is 35.5. The van der Waals surface area contributed by atoms with Crippen molar-refractivity contribution in [1.29, 1.82) is 0 Å². The van der Waals surface area contributed by atoms with Crippen molar-refractivity contribution in [2.24, 2.45) is 5.92 Å². The first-order valence-corrected chi connectivity index (χ1v) is 6.52. The second kappa shape index (κ2) is 5.24. The van der Waals surface area contributed by atoms with Crippen LogP contribution in [0.4, 0.5) is 0 Å². The molecule has 0 aliphatic carbocycles. The zero-order valence-corrected chi connectivity index (χ0v) is 11.3. The molecule has 0 saturated carbocycles. The van der Waals surface area contributed by atoms with E-state index in [0.717, 1.165) is 24.2 Å². The first-order chi connectivity index (χ1) is 8.50. The molecule has 0 fully saturated rings. The molecule has 98 valence electrons. The lowest BCUT2D eigenvalue weighted by Gasteiger charge is -2.21. The van der Waals surface area contributed by atoms with Gasteiger partial charge in [0.25, 0.3) is 0 Å². The molecule has 1 aromatic heterocycles. The largest absolute Gasteiger partial charge is 0.478 e. The zero-order chi connectivity index (χ0) is 13.3. The molecule has 0 aromatic carbocycles. The second-order valence-electron chi connectivity index (χ2n) is 5.00. The van der Waals surface area contributed by atoms with E-state index in [-0.39, 0.29) is 5.56 Å². The maximum atomic E-state index is 11.4. The van der Waals surface area contributed by atoms with Crippen LogP contribution in [-0.2, 0) is 19.4 Å². The number of hydrogen-bond acceptors (Lipinski definition) is 3. The first kappa shape index (κ1) is 13.3. The fourth-order valence-corrected chi connectivity index (χ4v) is 2.58. The third kappa shape index (κ3) is 2.49. The predicted octanol–water partition coefficient (Wildman–Crippen LogP) is 2.28. The molecule has 0 atom stereocenters. The van der Waals surface area contributed by atoms with E-state index < -0.39 is 5.97 Å². The molecule has 0 saturated heterocycles. The van der Waals surface area contributed by atoms with Crippen LogP contribution in [-0.4, -0.2) is 22.6 Å². The highest BCUT2D eigenvalue weighted by Crippen LogP contribution is 2.29. The van der Waals surface area contributed by atoms with Gasteiger partial charge in [-0.25, -0.2) is 4.79 Å². The molecule has 1 aromatic rings. The van der Waals surface area contributed by atoms with Gasteiger partial charge < -0.3 is 10.4 Å². The monoisotopic (exact) mass is 268 g/mol. The highest BCUT2D eigenvalue weighted by Gasteiger charge is 2.24. The smallest absolute Gasteiger partial charge is 0.337 e. The minimum absolute atomic E-state index is 0.226. The van der Waals surface area contributed by atoms with Gasteiger partial charge in [-0.3, -0.25) is 4.98 Å². The fourth-order valence-electron chi connectivity index (χ4n) is 2.26. The molecule has 0 amide bonds. The van der Waals surface area contributed by atoms with Crippen LogP contribution in [0, 0.1) is 5.92 Å². The Balaban J connectivity index is 2.57. The Kier molecular flexibility index (Phi) is 3.88. The van der Waals surface area contributed by atoms with E-state index in [1.165, 1.54) is 0 Å². The summed E-state index contributed by atoms with van der Waals surface area (Å²) in [7, 11) is 0. The van der Waals surface area contributed by atoms with E-state index in [1.807, 2.05) is 0 Å². The molecule has 2 heterocycles. The summed E-state index contributed by atoms with van der Waals surface area (Å²) in [6, 6.07) is 0. The summed E-state index contributed by atoms with van der Waals surface area (Å²) in [5.74, 6) is -0.566. The second-order valence-corrected chi connectivity index (χ2v) is 5.38. The summed E-state index contributed by atoms with van der Waals surface area (Å²) in [6.07, 6.45) is 1.47. The van der Waals surface area contributed by atoms with Gasteiger partial charge in [0.2, 0.25) is 0 Å². The molecule has 0 radical (unpaired) electrons. The summed E-state index contributed by atoms with van der Waals surface area (Å²) in [5.41, 5.74) is 2.56. The van der Waals surface area contributed by atoms with Gasteiger partial charge in [0, 0.05) is 30.8 Å². The molecule has 0 bridgehead atoms. The number of rotatable bonds is 3. The molecule has 2 rings (SSSR count). The van der Waals surface area contributed by atoms with Crippen molar-refractivity contribution in [3.63, 3.8) is 0 Å². The van der Waals surface area contributed by atoms with Crippen molar-refractivity contribution < 1.29 is 9.90 Å². The number of aromatic carboxylic acids is 1. The normalized spacial score (nSPS) is 14.7. The SMILES string of the molecule is CC(C)Cc1nc2c(c(C(=O)O)c1Cl)CNCC2. The average Bonchev–Trinajstić information content (AvgIpc) is 2.29. The summed E-state index contributed by atoms with van der Waals surface area (Å²) >= 11 is 6.21. The Morgan fingerprint density at radius 1 is 1.56 bits per heavy atom. The minimum Gasteiger partial charge on any atom is -0.478 e. The Bertz CT molecular complexity index is 486. The van der Waals surface area contributed by atoms with Gasteiger partial charge in [-0.1, -0.05) is 25.4 Å². The Morgan fingerprint density at radius 3 is 2.89 bits per heavy atom. The van der Waals surface area contributed by atoms with Crippen molar-refractivity contribution in [3.05, 3.63) is 27.5 Å². The minimum atomic E-state index is -0.965. The third-order valence-corrected chi connectivity index (χ3v) is 3.46. The topological polar surface area (TPSA) is 62.2 Å². The van der Waals surface area contributed by atoms with E-state index in [1.54, 1.807) is 0 Å². The van der Waals surface area contributed by atoms with Gasteiger partial charge >= 0.3 is 5.97 Å². The Morgan fingerprint density at radius 2 is 2.28 bits per heavy atom. The van der Waals surface area contributed by atoms with Crippen LogP contribution >= 0.6 is 11.6 Å². The van der Waals surface area contributed by atoms with Crippen molar-refractivity contribution in [3.8, 4) is 0 Å². The molecule has 1 aliphatic rings. The van der Waals surface area contributed by atoms with E-state index in [0.29, 0.717) is 29.6 Å². The quantitative estimate of drug-likeness (QED) is 0.883. The van der Waals surface area contributed by atoms with Crippen LogP contribution in [0.25, 0.3) is 0 Å². The van der Waals surface area contributed by atoms with E-state index >= 15 is 0 Å². The van der Waals surface area contributed by atoms with Crippen LogP contribution in [0.2, 0.25) is 5.02 Å². The lowest BCUT2D eigenvalue weighted by molar-refractivity contribution is 0.0695. The van der Waals surface area contributed by atoms with Gasteiger partial charge in [0.05, 0.1) is 16.3 Å². The molecule has 2 N–H and O–H groups in total. The van der Waals surface area contributed by atoms with E-state index in [2.05, 4.69) is 24.1 Å². The predicted molar refractivity (Wildman–Crippen MR) is 70.2 cm³/mol. The maximum Gasteiger partial charge on any atom is 0.337 e. The first-order valence-electron chi connectivity index (χ1n) is 6.14. The number of halogens is 1. The van der Waals surface area contributed by atoms with Crippen molar-refractivity contribution >= 4 is 17.6 Å². The van der Waals surface area contributed by atoms with Crippen LogP contribution in [0.15, 0.2) is 0 Å². The summed E-state index contributed by atoms with van der Waals surface area (Å²) in [4.78, 5) is 16.0. The Hall–Kier alpha value is -1.13. The number of pyridine rings is 1. The van der Waals surface area contributed by atoms with Crippen LogP contribution in [0.5, 0.6) is 0 Å². The average molecular weight is 269 g/mol. The number of fused-ring (bicyclic) bond motifs is 1. The van der Waals surface area contributed by atoms with Gasteiger partial charge in [-0.2, -0.15) is 0 Å². The van der Waals surface area contributed by atoms with Gasteiger partial charge in [0.1, 0.15) is 0 Å². The number of nitrogens with one attached hydrogen (secondary N) is 1. The van der Waals surface area contributed by atoms with Gasteiger partial charge in [0.15, 0.2) is 0 Å². The summed E-state index contributed by atoms with van der Waals surface area (Å²) in [6.45, 7) is 5.51. The van der Waals surface area contributed by atoms with E-state index in [4.69, 9.17) is 11.6 Å². The molecule has 5 heteroatoms. The number of aromatic nitrogens is 1. The molecule has 18 heavy (non-hydrogen) atoms. The number of nitrogens with zero attached hydrogens (tertiary/aromatic N) is 1. The van der Waals surface area contributed by atoms with Crippen molar-refractivity contribution in [2.75, 3.05) is 6.54 Å². The molecule has 0 spiro atoms. The van der Waals surface area contributed by atoms with Crippen molar-refractivity contribution in [2.45, 2.75) is 33.2 Å². The lowest BCUT2D eigenvalue weighted by Crippen LogP contribution is -2.28. The highest BCUT2D eigenvalue weighted by molar-refractivity contribution is 6.34. The molecule has 1 aliphatic heterocycles. The number of carbonyl (C=O) groups is 1. The summed E-state index contributed by atoms with van der Waals surface area (Å²) in [5, 5.41) is 12.8. The van der Waals surface area contributed by atoms with Gasteiger partial charge in [-0.05, 0) is 12.3 Å². The van der Waals surface area contributed by atoms with Crippen LogP contribution in [0.1, 0.15) is 41.2 Å². The zero-order valence-electron chi connectivity index (χ0n) is 10.6. The van der Waals surface area contributed by atoms with Crippen LogP contribution in [0.3, 0.4) is 0 Å². The maximum absolute atomic E-state index is 11.4. The molecular formula is C13H17ClN2O2. The third-order valence-electron chi connectivity index (χ3n) is 3.05. The molecular weight excluding hydrogens is 252 g/mol. The number of hydrogen-bond donors (Lipinski definition) is 2. The lowest BCUT2D eigenvalue weighted by atomic mass is 9.97. The van der Waals surface area contributed by atoms with Gasteiger partial charge in [-0.15, -0.1) is 0 Å². The number of carboxylic acid groups (broad SMARTS) is 1.